The molecule has 2 aromatic heterocycles. The van der Waals surface area contributed by atoms with Crippen molar-refractivity contribution in [3.8, 4) is 11.1 Å². The van der Waals surface area contributed by atoms with Gasteiger partial charge in [0.15, 0.2) is 0 Å². The van der Waals surface area contributed by atoms with Gasteiger partial charge in [0.1, 0.15) is 11.2 Å². The highest BCUT2D eigenvalue weighted by Crippen LogP contribution is 2.40. The molecule has 5 nitrogen and oxygen atoms in total. The zero-order valence-electron chi connectivity index (χ0n) is 15.9. The number of hydrogen-bond acceptors (Lipinski definition) is 4. The normalized spacial score (nSPS) is 16.0. The van der Waals surface area contributed by atoms with Crippen LogP contribution in [0.1, 0.15) is 53.1 Å². The molecule has 0 spiro atoms. The van der Waals surface area contributed by atoms with Crippen LogP contribution in [0.15, 0.2) is 35.8 Å². The summed E-state index contributed by atoms with van der Waals surface area (Å²) in [6.45, 7) is 4.21. The fraction of sp³-hybridized carbons (Fsp3) is 0.333. The summed E-state index contributed by atoms with van der Waals surface area (Å²) in [5.74, 6) is -0.0386. The van der Waals surface area contributed by atoms with Gasteiger partial charge in [-0.25, -0.2) is 0 Å². The first-order valence-corrected chi connectivity index (χ1v) is 10.2. The van der Waals surface area contributed by atoms with Gasteiger partial charge < -0.3 is 10.6 Å². The van der Waals surface area contributed by atoms with Crippen molar-refractivity contribution in [1.29, 1.82) is 0 Å². The van der Waals surface area contributed by atoms with Crippen molar-refractivity contribution in [3.05, 3.63) is 58.2 Å². The third-order valence-corrected chi connectivity index (χ3v) is 6.15. The number of carbonyl (C=O) groups is 1. The van der Waals surface area contributed by atoms with E-state index in [0.717, 1.165) is 39.4 Å². The molecule has 27 heavy (non-hydrogen) atoms. The Hall–Kier alpha value is -2.60. The number of hydrogen-bond donors (Lipinski definition) is 2. The van der Waals surface area contributed by atoms with E-state index in [1.165, 1.54) is 18.4 Å². The monoisotopic (exact) mass is 380 g/mol. The number of nitrogens with one attached hydrogen (secondary N) is 2. The molecular formula is C21H24N4OS. The summed E-state index contributed by atoms with van der Waals surface area (Å²) in [5, 5.41) is 13.8. The fourth-order valence-corrected chi connectivity index (χ4v) is 4.45. The van der Waals surface area contributed by atoms with E-state index in [9.17, 15) is 4.79 Å². The van der Waals surface area contributed by atoms with Crippen molar-refractivity contribution in [2.45, 2.75) is 39.3 Å². The van der Waals surface area contributed by atoms with Crippen LogP contribution in [-0.2, 0) is 13.5 Å². The van der Waals surface area contributed by atoms with Crippen molar-refractivity contribution >= 4 is 22.2 Å². The smallest absolute Gasteiger partial charge is 0.256 e. The summed E-state index contributed by atoms with van der Waals surface area (Å²) in [7, 11) is 1.91. The average molecular weight is 381 g/mol. The van der Waals surface area contributed by atoms with Crippen molar-refractivity contribution < 1.29 is 4.79 Å². The van der Waals surface area contributed by atoms with Crippen LogP contribution in [0, 0.1) is 6.92 Å². The fourth-order valence-electron chi connectivity index (χ4n) is 3.46. The maximum Gasteiger partial charge on any atom is 0.256 e. The second-order valence-corrected chi connectivity index (χ2v) is 7.89. The van der Waals surface area contributed by atoms with E-state index in [0.29, 0.717) is 0 Å². The number of aromatic nitrogens is 2. The van der Waals surface area contributed by atoms with Gasteiger partial charge in [0, 0.05) is 29.2 Å². The number of unbranched alkanes of at least 4 members (excludes halogenated alkanes) is 1. The first-order chi connectivity index (χ1) is 13.1. The number of nitrogens with zero attached hydrogens (tertiary/aromatic N) is 2. The first-order valence-electron chi connectivity index (χ1n) is 9.35. The quantitative estimate of drug-likeness (QED) is 0.677. The van der Waals surface area contributed by atoms with Gasteiger partial charge in [-0.05, 0) is 30.9 Å². The second kappa shape index (κ2) is 7.19. The second-order valence-electron chi connectivity index (χ2n) is 7.01. The maximum absolute atomic E-state index is 12.9. The van der Waals surface area contributed by atoms with Gasteiger partial charge >= 0.3 is 0 Å². The van der Waals surface area contributed by atoms with Crippen molar-refractivity contribution in [3.63, 3.8) is 0 Å². The molecule has 0 aliphatic carbocycles. The Bertz CT molecular complexity index is 971. The molecule has 6 heteroatoms. The Morgan fingerprint density at radius 1 is 1.22 bits per heavy atom. The Kier molecular flexibility index (Phi) is 4.74. The zero-order chi connectivity index (χ0) is 19.0. The molecule has 1 atom stereocenters. The summed E-state index contributed by atoms with van der Waals surface area (Å²) in [6, 6.07) is 8.59. The zero-order valence-corrected chi connectivity index (χ0v) is 16.7. The molecule has 0 saturated heterocycles. The molecule has 0 saturated carbocycles. The molecule has 0 fully saturated rings. The molecular weight excluding hydrogens is 356 g/mol. The first kappa shape index (κ1) is 17.8. The van der Waals surface area contributed by atoms with Gasteiger partial charge in [0.2, 0.25) is 0 Å². The molecule has 3 heterocycles. The molecule has 1 aliphatic heterocycles. The lowest BCUT2D eigenvalue weighted by molar-refractivity contribution is 0.0937. The molecule has 2 N–H and O–H groups in total. The van der Waals surface area contributed by atoms with Crippen LogP contribution in [0.3, 0.4) is 0 Å². The van der Waals surface area contributed by atoms with Gasteiger partial charge in [0.05, 0.1) is 11.8 Å². The van der Waals surface area contributed by atoms with Gasteiger partial charge in [0.25, 0.3) is 5.91 Å². The van der Waals surface area contributed by atoms with E-state index in [1.807, 2.05) is 24.9 Å². The van der Waals surface area contributed by atoms with E-state index < -0.39 is 0 Å². The Morgan fingerprint density at radius 3 is 2.67 bits per heavy atom. The van der Waals surface area contributed by atoms with Crippen LogP contribution in [0.5, 0.6) is 0 Å². The summed E-state index contributed by atoms with van der Waals surface area (Å²) in [6.07, 6.45) is 5.06. The molecule has 140 valence electrons. The minimum Gasteiger partial charge on any atom is -0.352 e. The van der Waals surface area contributed by atoms with E-state index in [1.54, 1.807) is 11.3 Å². The van der Waals surface area contributed by atoms with Crippen LogP contribution in [0.25, 0.3) is 11.1 Å². The SMILES string of the molecule is CCCCc1ccc(-c2csc3c2C(=O)N[C@@H](c2cnn(C)c2C)N3)cc1. The van der Waals surface area contributed by atoms with Crippen LogP contribution in [0.4, 0.5) is 5.00 Å². The number of benzene rings is 1. The standard InChI is InChI=1S/C21H24N4OS/c1-4-5-6-14-7-9-15(10-8-14)17-12-27-21-18(17)20(26)23-19(24-21)16-11-22-25(3)13(16)2/h7-12,19,24H,4-6H2,1-3H3,(H,23,26)/t19-/m1/s1. The number of rotatable bonds is 5. The Labute approximate surface area is 163 Å². The predicted octanol–water partition coefficient (Wildman–Crippen LogP) is 4.65. The van der Waals surface area contributed by atoms with E-state index in [2.05, 4.69) is 52.3 Å². The van der Waals surface area contributed by atoms with Crippen LogP contribution in [-0.4, -0.2) is 15.7 Å². The largest absolute Gasteiger partial charge is 0.352 e. The number of amides is 1. The molecule has 1 aromatic carbocycles. The molecule has 1 amide bonds. The third kappa shape index (κ3) is 3.25. The highest BCUT2D eigenvalue weighted by atomic mass is 32.1. The van der Waals surface area contributed by atoms with Crippen LogP contribution in [0.2, 0.25) is 0 Å². The topological polar surface area (TPSA) is 59.0 Å². The van der Waals surface area contributed by atoms with Crippen molar-refractivity contribution in [2.75, 3.05) is 5.32 Å². The predicted molar refractivity (Wildman–Crippen MR) is 110 cm³/mol. The van der Waals surface area contributed by atoms with E-state index >= 15 is 0 Å². The Balaban J connectivity index is 1.61. The lowest BCUT2D eigenvalue weighted by Crippen LogP contribution is -2.38. The minimum atomic E-state index is -0.249. The molecule has 0 unspecified atom stereocenters. The molecule has 0 bridgehead atoms. The lowest BCUT2D eigenvalue weighted by Gasteiger charge is -2.26. The lowest BCUT2D eigenvalue weighted by atomic mass is 9.99. The van der Waals surface area contributed by atoms with Crippen LogP contribution >= 0.6 is 11.3 Å². The highest BCUT2D eigenvalue weighted by Gasteiger charge is 2.30. The van der Waals surface area contributed by atoms with Gasteiger partial charge in [-0.15, -0.1) is 11.3 Å². The molecule has 1 aliphatic rings. The van der Waals surface area contributed by atoms with Crippen molar-refractivity contribution in [1.82, 2.24) is 15.1 Å². The molecule has 3 aromatic rings. The minimum absolute atomic E-state index is 0.0386. The Morgan fingerprint density at radius 2 is 2.00 bits per heavy atom. The number of fused-ring (bicyclic) bond motifs is 1. The van der Waals surface area contributed by atoms with E-state index in [-0.39, 0.29) is 12.1 Å². The summed E-state index contributed by atoms with van der Waals surface area (Å²) < 4.78 is 1.82. The third-order valence-electron chi connectivity index (χ3n) is 5.24. The number of thiophene rings is 1. The number of anilines is 1. The molecule has 0 radical (unpaired) electrons. The van der Waals surface area contributed by atoms with Gasteiger partial charge in [-0.3, -0.25) is 9.48 Å². The summed E-state index contributed by atoms with van der Waals surface area (Å²) >= 11 is 1.58. The molecule has 4 rings (SSSR count). The van der Waals surface area contributed by atoms with Gasteiger partial charge in [-0.2, -0.15) is 5.10 Å². The maximum atomic E-state index is 12.9. The summed E-state index contributed by atoms with van der Waals surface area (Å²) in [5.41, 5.74) is 6.19. The average Bonchev–Trinajstić information content (AvgIpc) is 3.25. The van der Waals surface area contributed by atoms with Crippen molar-refractivity contribution in [2.24, 2.45) is 7.05 Å². The van der Waals surface area contributed by atoms with E-state index in [4.69, 9.17) is 0 Å². The van der Waals surface area contributed by atoms with Gasteiger partial charge in [-0.1, -0.05) is 37.6 Å². The van der Waals surface area contributed by atoms with Crippen LogP contribution < -0.4 is 10.6 Å². The number of aryl methyl sites for hydroxylation is 2. The number of carbonyl (C=O) groups excluding carboxylic acids is 1. The summed E-state index contributed by atoms with van der Waals surface area (Å²) in [4.78, 5) is 12.9. The highest BCUT2D eigenvalue weighted by molar-refractivity contribution is 7.15.